The maximum atomic E-state index is 5.92. The molecule has 4 rings (SSSR count). The lowest BCUT2D eigenvalue weighted by Gasteiger charge is -2.35. The molecule has 0 amide bonds. The van der Waals surface area contributed by atoms with Crippen LogP contribution in [0.15, 0.2) is 52.3 Å². The van der Waals surface area contributed by atoms with Crippen LogP contribution in [0.4, 0.5) is 11.4 Å². The zero-order chi connectivity index (χ0) is 16.0. The van der Waals surface area contributed by atoms with Crippen molar-refractivity contribution in [2.75, 3.05) is 25.2 Å². The fourth-order valence-electron chi connectivity index (χ4n) is 2.99. The minimum atomic E-state index is -0.253. The molecule has 0 N–H and O–H groups in total. The van der Waals surface area contributed by atoms with Gasteiger partial charge in [0, 0.05) is 27.8 Å². The molecule has 2 aromatic carbocycles. The lowest BCUT2D eigenvalue weighted by Crippen LogP contribution is -2.33. The average Bonchev–Trinajstić information content (AvgIpc) is 2.55. The van der Waals surface area contributed by atoms with Gasteiger partial charge in [-0.2, -0.15) is 0 Å². The Morgan fingerprint density at radius 3 is 2.48 bits per heavy atom. The van der Waals surface area contributed by atoms with E-state index in [4.69, 9.17) is 9.47 Å². The van der Waals surface area contributed by atoms with E-state index in [1.165, 1.54) is 21.2 Å². The van der Waals surface area contributed by atoms with Crippen molar-refractivity contribution in [2.24, 2.45) is 5.41 Å². The van der Waals surface area contributed by atoms with Gasteiger partial charge in [0.25, 0.3) is 0 Å². The predicted molar refractivity (Wildman–Crippen MR) is 93.5 cm³/mol. The van der Waals surface area contributed by atoms with E-state index in [2.05, 4.69) is 68.3 Å². The molecule has 0 aliphatic carbocycles. The van der Waals surface area contributed by atoms with E-state index in [9.17, 15) is 0 Å². The summed E-state index contributed by atoms with van der Waals surface area (Å²) in [6.07, 6.45) is -0.253. The summed E-state index contributed by atoms with van der Waals surface area (Å²) in [6, 6.07) is 15.0. The van der Waals surface area contributed by atoms with Crippen molar-refractivity contribution in [3.63, 3.8) is 0 Å². The number of rotatable bonds is 1. The summed E-state index contributed by atoms with van der Waals surface area (Å²) in [4.78, 5) is 4.78. The first kappa shape index (κ1) is 15.1. The van der Waals surface area contributed by atoms with Gasteiger partial charge >= 0.3 is 0 Å². The van der Waals surface area contributed by atoms with Crippen LogP contribution >= 0.6 is 11.8 Å². The van der Waals surface area contributed by atoms with E-state index >= 15 is 0 Å². The molecule has 2 aromatic rings. The number of hydrogen-bond acceptors (Lipinski definition) is 4. The number of anilines is 2. The lowest BCUT2D eigenvalue weighted by atomic mass is 9.95. The lowest BCUT2D eigenvalue weighted by molar-refractivity contribution is -0.226. The summed E-state index contributed by atoms with van der Waals surface area (Å²) < 4.78 is 11.8. The van der Waals surface area contributed by atoms with Crippen molar-refractivity contribution in [3.8, 4) is 0 Å². The smallest absolute Gasteiger partial charge is 0.183 e. The minimum Gasteiger partial charge on any atom is -0.348 e. The highest BCUT2D eigenvalue weighted by atomic mass is 32.2. The summed E-state index contributed by atoms with van der Waals surface area (Å²) in [7, 11) is 2.12. The third kappa shape index (κ3) is 2.75. The Hall–Kier alpha value is -1.49. The molecule has 0 spiro atoms. The molecule has 2 aliphatic heterocycles. The first-order valence-electron chi connectivity index (χ1n) is 7.91. The molecule has 2 aliphatic rings. The minimum absolute atomic E-state index is 0.0958. The molecule has 0 saturated carbocycles. The van der Waals surface area contributed by atoms with E-state index in [-0.39, 0.29) is 11.7 Å². The molecule has 1 fully saturated rings. The highest BCUT2D eigenvalue weighted by Gasteiger charge is 2.30. The van der Waals surface area contributed by atoms with Gasteiger partial charge in [-0.3, -0.25) is 0 Å². The zero-order valence-corrected chi connectivity index (χ0v) is 14.5. The number of ether oxygens (including phenoxy) is 2. The second-order valence-corrected chi connectivity index (χ2v) is 8.06. The van der Waals surface area contributed by atoms with E-state index in [0.717, 1.165) is 18.8 Å². The van der Waals surface area contributed by atoms with Crippen molar-refractivity contribution >= 4 is 23.1 Å². The monoisotopic (exact) mass is 327 g/mol. The number of hydrogen-bond donors (Lipinski definition) is 0. The van der Waals surface area contributed by atoms with Gasteiger partial charge in [0.05, 0.1) is 24.6 Å². The maximum Gasteiger partial charge on any atom is 0.183 e. The van der Waals surface area contributed by atoms with Crippen molar-refractivity contribution in [3.05, 3.63) is 48.0 Å². The molecule has 0 radical (unpaired) electrons. The Morgan fingerprint density at radius 1 is 1.00 bits per heavy atom. The van der Waals surface area contributed by atoms with Gasteiger partial charge in [-0.25, -0.2) is 0 Å². The summed E-state index contributed by atoms with van der Waals surface area (Å²) >= 11 is 1.81. The topological polar surface area (TPSA) is 21.7 Å². The van der Waals surface area contributed by atoms with Gasteiger partial charge in [-0.1, -0.05) is 43.8 Å². The summed E-state index contributed by atoms with van der Waals surface area (Å²) in [5.74, 6) is 0. The fourth-order valence-corrected chi connectivity index (χ4v) is 4.19. The molecule has 0 aromatic heterocycles. The number of benzene rings is 2. The number of para-hydroxylation sites is 1. The molecule has 3 nitrogen and oxygen atoms in total. The van der Waals surface area contributed by atoms with Crippen molar-refractivity contribution in [1.29, 1.82) is 0 Å². The Morgan fingerprint density at radius 2 is 1.70 bits per heavy atom. The Kier molecular flexibility index (Phi) is 3.63. The van der Waals surface area contributed by atoms with Crippen LogP contribution in [0.5, 0.6) is 0 Å². The van der Waals surface area contributed by atoms with Crippen LogP contribution in [0.25, 0.3) is 0 Å². The van der Waals surface area contributed by atoms with E-state index in [1.54, 1.807) is 0 Å². The molecule has 2 heterocycles. The highest BCUT2D eigenvalue weighted by molar-refractivity contribution is 7.99. The third-order valence-electron chi connectivity index (χ3n) is 4.31. The molecule has 1 saturated heterocycles. The first-order chi connectivity index (χ1) is 11.0. The van der Waals surface area contributed by atoms with Crippen LogP contribution in [-0.2, 0) is 9.47 Å². The second-order valence-electron chi connectivity index (χ2n) is 6.97. The van der Waals surface area contributed by atoms with Crippen LogP contribution in [0.3, 0.4) is 0 Å². The van der Waals surface area contributed by atoms with Gasteiger partial charge in [0.15, 0.2) is 6.29 Å². The molecule has 4 heteroatoms. The summed E-state index contributed by atoms with van der Waals surface area (Å²) in [5.41, 5.74) is 3.68. The largest absolute Gasteiger partial charge is 0.348 e. The van der Waals surface area contributed by atoms with Gasteiger partial charge in [-0.05, 0) is 24.3 Å². The van der Waals surface area contributed by atoms with Crippen LogP contribution in [0, 0.1) is 5.41 Å². The van der Waals surface area contributed by atoms with Crippen LogP contribution in [0.2, 0.25) is 0 Å². The summed E-state index contributed by atoms with van der Waals surface area (Å²) in [5, 5.41) is 0. The van der Waals surface area contributed by atoms with Crippen molar-refractivity contribution in [1.82, 2.24) is 0 Å². The predicted octanol–water partition coefficient (Wildman–Crippen LogP) is 4.99. The molecule has 0 unspecified atom stereocenters. The molecule has 0 atom stereocenters. The van der Waals surface area contributed by atoms with Crippen LogP contribution in [0.1, 0.15) is 25.7 Å². The van der Waals surface area contributed by atoms with Crippen molar-refractivity contribution in [2.45, 2.75) is 29.9 Å². The molecular weight excluding hydrogens is 306 g/mol. The SMILES string of the molecule is CN1c2ccccc2Sc2cc(C3OCC(C)(C)CO3)ccc21. The quantitative estimate of drug-likeness (QED) is 0.735. The number of nitrogens with zero attached hydrogens (tertiary/aromatic N) is 1. The van der Waals surface area contributed by atoms with Gasteiger partial charge in [-0.15, -0.1) is 0 Å². The van der Waals surface area contributed by atoms with Gasteiger partial charge in [0.2, 0.25) is 0 Å². The summed E-state index contributed by atoms with van der Waals surface area (Å²) in [6.45, 7) is 5.78. The standard InChI is InChI=1S/C19H21NO2S/c1-19(2)11-21-18(22-12-19)13-8-9-15-17(10-13)23-16-7-5-4-6-14(16)20(15)3/h4-10,18H,11-12H2,1-3H3. The Balaban J connectivity index is 1.63. The first-order valence-corrected chi connectivity index (χ1v) is 8.73. The average molecular weight is 327 g/mol. The Bertz CT molecular complexity index is 734. The van der Waals surface area contributed by atoms with E-state index in [1.807, 2.05) is 11.8 Å². The second kappa shape index (κ2) is 5.55. The fraction of sp³-hybridized carbons (Fsp3) is 0.368. The number of fused-ring (bicyclic) bond motifs is 2. The van der Waals surface area contributed by atoms with Gasteiger partial charge < -0.3 is 14.4 Å². The Labute approximate surface area is 141 Å². The molecule has 0 bridgehead atoms. The third-order valence-corrected chi connectivity index (χ3v) is 5.43. The van der Waals surface area contributed by atoms with Crippen LogP contribution < -0.4 is 4.90 Å². The molecule has 23 heavy (non-hydrogen) atoms. The highest BCUT2D eigenvalue weighted by Crippen LogP contribution is 2.48. The zero-order valence-electron chi connectivity index (χ0n) is 13.7. The molecular formula is C19H21NO2S. The van der Waals surface area contributed by atoms with E-state index in [0.29, 0.717) is 0 Å². The van der Waals surface area contributed by atoms with Crippen LogP contribution in [-0.4, -0.2) is 20.3 Å². The maximum absolute atomic E-state index is 5.92. The van der Waals surface area contributed by atoms with Crippen molar-refractivity contribution < 1.29 is 9.47 Å². The molecule has 120 valence electrons. The van der Waals surface area contributed by atoms with E-state index < -0.39 is 0 Å². The normalized spacial score (nSPS) is 20.0. The van der Waals surface area contributed by atoms with Gasteiger partial charge in [0.1, 0.15) is 0 Å².